The van der Waals surface area contributed by atoms with Crippen LogP contribution < -0.4 is 18.9 Å². The Kier molecular flexibility index (Phi) is 24.0. The molecule has 470 valence electrons. The molecule has 10 rings (SSSR count). The van der Waals surface area contributed by atoms with Gasteiger partial charge in [-0.05, 0) is 72.8 Å². The topological polar surface area (TPSA) is 259 Å². The van der Waals surface area contributed by atoms with Crippen LogP contribution in [0, 0.1) is 0 Å². The minimum Gasteiger partial charge on any atom is -0.491 e. The lowest BCUT2D eigenvalue weighted by Crippen LogP contribution is -2.10. The lowest BCUT2D eigenvalue weighted by molar-refractivity contribution is 0.0544. The highest BCUT2D eigenvalue weighted by atomic mass is 79.9. The molecular formula is C62H66Br2N14O12. The minimum atomic E-state index is 0.290. The summed E-state index contributed by atoms with van der Waals surface area (Å²) in [4.78, 5) is 9.43. The summed E-state index contributed by atoms with van der Waals surface area (Å²) in [6.07, 6.45) is 10.8. The normalized spacial score (nSPS) is 11.4. The van der Waals surface area contributed by atoms with Crippen molar-refractivity contribution in [2.75, 3.05) is 134 Å². The fourth-order valence-corrected chi connectivity index (χ4v) is 9.74. The Morgan fingerprint density at radius 2 is 0.589 bits per heavy atom. The molecule has 6 aromatic heterocycles. The molecule has 0 aliphatic rings. The Morgan fingerprint density at radius 1 is 0.300 bits per heavy atom. The van der Waals surface area contributed by atoms with E-state index in [1.165, 1.54) is 0 Å². The van der Waals surface area contributed by atoms with Crippen molar-refractivity contribution in [2.24, 2.45) is 0 Å². The number of hydrogen-bond donors (Lipinski definition) is 0. The van der Waals surface area contributed by atoms with Gasteiger partial charge in [0.15, 0.2) is 0 Å². The van der Waals surface area contributed by atoms with Gasteiger partial charge in [-0.1, -0.05) is 52.7 Å². The van der Waals surface area contributed by atoms with Gasteiger partial charge >= 0.3 is 0 Å². The van der Waals surface area contributed by atoms with Crippen molar-refractivity contribution in [3.8, 4) is 102 Å². The van der Waals surface area contributed by atoms with E-state index < -0.39 is 0 Å². The summed E-state index contributed by atoms with van der Waals surface area (Å²) in [6.45, 7) is 6.69. The van der Waals surface area contributed by atoms with Gasteiger partial charge in [-0.3, -0.25) is 9.97 Å². The monoisotopic (exact) mass is 1360 g/mol. The fourth-order valence-electron chi connectivity index (χ4n) is 8.82. The van der Waals surface area contributed by atoms with Crippen molar-refractivity contribution < 1.29 is 56.8 Å². The molecule has 0 spiro atoms. The fraction of sp³-hybridized carbons (Fsp3) is 0.323. The Labute approximate surface area is 535 Å². The number of halogens is 2. The van der Waals surface area contributed by atoms with Crippen molar-refractivity contribution in [1.29, 1.82) is 0 Å². The number of hydrogen-bond acceptors (Lipinski definition) is 22. The van der Waals surface area contributed by atoms with Gasteiger partial charge in [0.25, 0.3) is 0 Å². The van der Waals surface area contributed by atoms with Gasteiger partial charge in [-0.25, -0.2) is 18.7 Å². The number of methoxy groups -OCH3 is 4. The predicted octanol–water partition coefficient (Wildman–Crippen LogP) is 8.83. The van der Waals surface area contributed by atoms with Gasteiger partial charge in [0.2, 0.25) is 0 Å². The van der Waals surface area contributed by atoms with Crippen LogP contribution in [-0.4, -0.2) is 204 Å². The molecule has 0 aliphatic heterocycles. The lowest BCUT2D eigenvalue weighted by Gasteiger charge is -2.11. The molecule has 10 aromatic rings. The Balaban J connectivity index is 0.865. The third-order valence-corrected chi connectivity index (χ3v) is 14.1. The zero-order valence-electron chi connectivity index (χ0n) is 49.9. The van der Waals surface area contributed by atoms with Crippen molar-refractivity contribution >= 4 is 31.9 Å². The van der Waals surface area contributed by atoms with Gasteiger partial charge in [-0.15, -0.1) is 20.4 Å². The summed E-state index contributed by atoms with van der Waals surface area (Å²) in [7, 11) is 6.53. The smallest absolute Gasteiger partial charge is 0.122 e. The van der Waals surface area contributed by atoms with Gasteiger partial charge < -0.3 is 56.8 Å². The zero-order valence-corrected chi connectivity index (χ0v) is 53.1. The van der Waals surface area contributed by atoms with E-state index in [2.05, 4.69) is 73.1 Å². The van der Waals surface area contributed by atoms with Crippen molar-refractivity contribution in [1.82, 2.24) is 69.9 Å². The van der Waals surface area contributed by atoms with Crippen LogP contribution in [-0.2, 0) is 37.9 Å². The number of pyridine rings is 2. The second-order valence-corrected chi connectivity index (χ2v) is 21.4. The van der Waals surface area contributed by atoms with Crippen molar-refractivity contribution in [3.05, 3.63) is 143 Å². The zero-order chi connectivity index (χ0) is 62.3. The first-order valence-corrected chi connectivity index (χ1v) is 30.1. The third kappa shape index (κ3) is 18.4. The van der Waals surface area contributed by atoms with Gasteiger partial charge in [-0.2, -0.15) is 0 Å². The van der Waals surface area contributed by atoms with Crippen LogP contribution in [0.5, 0.6) is 23.0 Å². The van der Waals surface area contributed by atoms with Crippen LogP contribution in [0.15, 0.2) is 143 Å². The second kappa shape index (κ2) is 33.4. The second-order valence-electron chi connectivity index (χ2n) is 19.6. The first-order chi connectivity index (χ1) is 44.2. The molecular weight excluding hydrogens is 1290 g/mol. The Hall–Kier alpha value is -8.42. The first kappa shape index (κ1) is 64.6. The molecule has 0 amide bonds. The predicted molar refractivity (Wildman–Crippen MR) is 337 cm³/mol. The number of rotatable bonds is 37. The summed E-state index contributed by atoms with van der Waals surface area (Å²) in [5, 5.41) is 36.4. The van der Waals surface area contributed by atoms with Gasteiger partial charge in [0, 0.05) is 96.3 Å². The molecule has 4 aromatic carbocycles. The number of benzene rings is 4. The minimum absolute atomic E-state index is 0.290. The Bertz CT molecular complexity index is 3640. The van der Waals surface area contributed by atoms with E-state index in [0.717, 1.165) is 42.6 Å². The third-order valence-electron chi connectivity index (χ3n) is 13.2. The van der Waals surface area contributed by atoms with Crippen LogP contribution in [0.2, 0.25) is 0 Å². The van der Waals surface area contributed by atoms with E-state index in [-0.39, 0.29) is 0 Å². The molecule has 0 atom stereocenters. The van der Waals surface area contributed by atoms with E-state index in [0.29, 0.717) is 174 Å². The largest absolute Gasteiger partial charge is 0.491 e. The van der Waals surface area contributed by atoms with Gasteiger partial charge in [0.05, 0.1) is 138 Å². The molecule has 90 heavy (non-hydrogen) atoms. The summed E-state index contributed by atoms with van der Waals surface area (Å²) < 4.78 is 75.7. The SMILES string of the molecule is COCCOCCOc1cc(Br)cc(-n2cc(-c3cc(OCCOCCOC)cc(-n4cc(-c5ccnc(-c6cc(-c7cn(-c8cc(OCCOCCOC)cc(-c9cn(-c%10cc(Br)cc(OCCOCCOC)c%10)nn9)c8)nn7)ccn6)c5)nn4)c3)nn2)c1. The van der Waals surface area contributed by atoms with Crippen LogP contribution in [0.1, 0.15) is 0 Å². The quantitative estimate of drug-likeness (QED) is 0.0329. The maximum Gasteiger partial charge on any atom is 0.122 e. The highest BCUT2D eigenvalue weighted by Crippen LogP contribution is 2.33. The molecule has 26 nitrogen and oxygen atoms in total. The number of aromatic nitrogens is 14. The number of ether oxygens (including phenoxy) is 12. The summed E-state index contributed by atoms with van der Waals surface area (Å²) in [5.41, 5.74) is 9.32. The van der Waals surface area contributed by atoms with Gasteiger partial charge in [0.1, 0.15) is 72.2 Å². The van der Waals surface area contributed by atoms with Crippen LogP contribution >= 0.6 is 31.9 Å². The molecule has 6 heterocycles. The summed E-state index contributed by atoms with van der Waals surface area (Å²) in [5.74, 6) is 2.40. The molecule has 0 saturated carbocycles. The Morgan fingerprint density at radius 3 is 0.911 bits per heavy atom. The standard InChI is InChI=1S/C62H66Br2N14O12/c1-79-9-13-83-17-21-87-53-27-45(61-41-77(73-69-61)51-31-47(63)33-55(37-51)89-23-19-85-15-11-81-3)25-49(35-53)75-39-59(67-71-75)43-5-7-65-57(29-43)58-30-44(6-8-66-58)60-40-76(72-68-60)50-26-46(28-54(36-50)88-22-18-84-14-10-80-2)62-42-78(74-70-62)52-32-48(64)34-56(38-52)90-24-20-86-16-12-82-4/h5-8,25-42H,9-24H2,1-4H3. The number of nitrogens with zero attached hydrogens (tertiary/aromatic N) is 14. The average molecular weight is 1360 g/mol. The molecule has 0 N–H and O–H groups in total. The first-order valence-electron chi connectivity index (χ1n) is 28.6. The van der Waals surface area contributed by atoms with E-state index in [1.54, 1.807) is 59.6 Å². The van der Waals surface area contributed by atoms with Crippen LogP contribution in [0.25, 0.3) is 79.2 Å². The maximum atomic E-state index is 6.24. The van der Waals surface area contributed by atoms with E-state index >= 15 is 0 Å². The highest BCUT2D eigenvalue weighted by Gasteiger charge is 2.18. The van der Waals surface area contributed by atoms with Crippen LogP contribution in [0.4, 0.5) is 0 Å². The molecule has 0 saturated heterocycles. The lowest BCUT2D eigenvalue weighted by atomic mass is 10.1. The summed E-state index contributed by atoms with van der Waals surface area (Å²) in [6, 6.07) is 30.4. The molecule has 0 radical (unpaired) electrons. The molecule has 28 heteroatoms. The molecule has 0 fully saturated rings. The maximum absolute atomic E-state index is 6.24. The van der Waals surface area contributed by atoms with Crippen molar-refractivity contribution in [2.45, 2.75) is 0 Å². The van der Waals surface area contributed by atoms with E-state index in [9.17, 15) is 0 Å². The van der Waals surface area contributed by atoms with E-state index in [1.807, 2.05) is 122 Å². The average Bonchev–Trinajstić information content (AvgIpc) is 3.23. The highest BCUT2D eigenvalue weighted by molar-refractivity contribution is 9.10. The van der Waals surface area contributed by atoms with Crippen molar-refractivity contribution in [3.63, 3.8) is 0 Å². The van der Waals surface area contributed by atoms with E-state index in [4.69, 9.17) is 66.8 Å². The summed E-state index contributed by atoms with van der Waals surface area (Å²) >= 11 is 7.23. The molecule has 0 aliphatic carbocycles. The molecule has 0 bridgehead atoms. The van der Waals surface area contributed by atoms with Crippen LogP contribution in [0.3, 0.4) is 0 Å². The molecule has 0 unspecified atom stereocenters.